The number of hydrogen-bond acceptors (Lipinski definition) is 2. The second-order valence-corrected chi connectivity index (χ2v) is 5.47. The van der Waals surface area contributed by atoms with E-state index in [9.17, 15) is 0 Å². The number of imidazole rings is 1. The first-order valence-electron chi connectivity index (χ1n) is 5.80. The van der Waals surface area contributed by atoms with Crippen LogP contribution in [0.25, 0.3) is 11.4 Å². The zero-order chi connectivity index (χ0) is 12.6. The van der Waals surface area contributed by atoms with Gasteiger partial charge in [-0.1, -0.05) is 20.8 Å². The van der Waals surface area contributed by atoms with Crippen molar-refractivity contribution in [3.63, 3.8) is 0 Å². The molecule has 3 heteroatoms. The van der Waals surface area contributed by atoms with E-state index in [0.29, 0.717) is 0 Å². The molecule has 1 heterocycles. The number of nitrogens with two attached hydrogens (primary N) is 1. The SMILES string of the molecule is Cc1cc(-c2ncc(C(C)(C)C)[nH]2)ccc1N. The predicted molar refractivity (Wildman–Crippen MR) is 71.9 cm³/mol. The fourth-order valence-electron chi connectivity index (χ4n) is 1.67. The normalized spacial score (nSPS) is 11.8. The molecule has 0 atom stereocenters. The molecular weight excluding hydrogens is 210 g/mol. The zero-order valence-electron chi connectivity index (χ0n) is 10.8. The molecule has 3 nitrogen and oxygen atoms in total. The van der Waals surface area contributed by atoms with Crippen molar-refractivity contribution in [2.45, 2.75) is 33.1 Å². The van der Waals surface area contributed by atoms with Crippen LogP contribution in [0.4, 0.5) is 5.69 Å². The third-order valence-electron chi connectivity index (χ3n) is 2.93. The average Bonchev–Trinajstić information content (AvgIpc) is 2.70. The maximum absolute atomic E-state index is 5.81. The highest BCUT2D eigenvalue weighted by Gasteiger charge is 2.16. The van der Waals surface area contributed by atoms with Crippen molar-refractivity contribution < 1.29 is 0 Å². The van der Waals surface area contributed by atoms with Crippen LogP contribution in [0.2, 0.25) is 0 Å². The molecule has 0 spiro atoms. The maximum atomic E-state index is 5.81. The second-order valence-electron chi connectivity index (χ2n) is 5.47. The molecule has 2 aromatic rings. The molecule has 0 aliphatic carbocycles. The lowest BCUT2D eigenvalue weighted by Crippen LogP contribution is -2.11. The van der Waals surface area contributed by atoms with Crippen LogP contribution in [0.15, 0.2) is 24.4 Å². The van der Waals surface area contributed by atoms with Gasteiger partial charge in [-0.25, -0.2) is 4.98 Å². The third kappa shape index (κ3) is 2.33. The van der Waals surface area contributed by atoms with Gasteiger partial charge in [0, 0.05) is 28.6 Å². The molecule has 2 rings (SSSR count). The highest BCUT2D eigenvalue weighted by atomic mass is 14.9. The highest BCUT2D eigenvalue weighted by molar-refractivity contribution is 5.62. The molecular formula is C14H19N3. The maximum Gasteiger partial charge on any atom is 0.137 e. The summed E-state index contributed by atoms with van der Waals surface area (Å²) in [6, 6.07) is 5.97. The molecule has 1 aromatic carbocycles. The Morgan fingerprint density at radius 2 is 1.94 bits per heavy atom. The molecule has 0 fully saturated rings. The fraction of sp³-hybridized carbons (Fsp3) is 0.357. The van der Waals surface area contributed by atoms with Crippen LogP contribution in [0.5, 0.6) is 0 Å². The van der Waals surface area contributed by atoms with Crippen LogP contribution in [-0.4, -0.2) is 9.97 Å². The van der Waals surface area contributed by atoms with Crippen LogP contribution < -0.4 is 5.73 Å². The van der Waals surface area contributed by atoms with Crippen molar-refractivity contribution in [3.8, 4) is 11.4 Å². The molecule has 0 radical (unpaired) electrons. The molecule has 0 unspecified atom stereocenters. The second kappa shape index (κ2) is 3.91. The molecule has 1 aromatic heterocycles. The number of aromatic amines is 1. The van der Waals surface area contributed by atoms with Crippen molar-refractivity contribution in [2.75, 3.05) is 5.73 Å². The fourth-order valence-corrected chi connectivity index (χ4v) is 1.67. The van der Waals surface area contributed by atoms with Gasteiger partial charge in [-0.15, -0.1) is 0 Å². The summed E-state index contributed by atoms with van der Waals surface area (Å²) in [7, 11) is 0. The standard InChI is InChI=1S/C14H19N3/c1-9-7-10(5-6-11(9)15)13-16-8-12(17-13)14(2,3)4/h5-8H,15H2,1-4H3,(H,16,17). The van der Waals surface area contributed by atoms with Gasteiger partial charge in [-0.2, -0.15) is 0 Å². The van der Waals surface area contributed by atoms with Gasteiger partial charge in [0.1, 0.15) is 5.82 Å². The average molecular weight is 229 g/mol. The number of nitrogens with one attached hydrogen (secondary N) is 1. The number of rotatable bonds is 1. The van der Waals surface area contributed by atoms with E-state index in [1.807, 2.05) is 25.3 Å². The number of aromatic nitrogens is 2. The molecule has 3 N–H and O–H groups in total. The number of benzene rings is 1. The summed E-state index contributed by atoms with van der Waals surface area (Å²) in [5.74, 6) is 0.901. The third-order valence-corrected chi connectivity index (χ3v) is 2.93. The molecule has 0 saturated carbocycles. The summed E-state index contributed by atoms with van der Waals surface area (Å²) in [6.45, 7) is 8.50. The Kier molecular flexibility index (Phi) is 2.69. The van der Waals surface area contributed by atoms with Crippen molar-refractivity contribution >= 4 is 5.69 Å². The van der Waals surface area contributed by atoms with Gasteiger partial charge in [-0.05, 0) is 30.7 Å². The van der Waals surface area contributed by atoms with E-state index in [2.05, 4.69) is 36.8 Å². The van der Waals surface area contributed by atoms with Gasteiger partial charge < -0.3 is 10.7 Å². The summed E-state index contributed by atoms with van der Waals surface area (Å²) in [6.07, 6.45) is 1.90. The van der Waals surface area contributed by atoms with Crippen LogP contribution in [0.3, 0.4) is 0 Å². The van der Waals surface area contributed by atoms with E-state index in [1.54, 1.807) is 0 Å². The minimum atomic E-state index is 0.0914. The molecule has 17 heavy (non-hydrogen) atoms. The van der Waals surface area contributed by atoms with Gasteiger partial charge >= 0.3 is 0 Å². The Labute approximate surface area is 102 Å². The van der Waals surface area contributed by atoms with E-state index < -0.39 is 0 Å². The number of nitrogens with zero attached hydrogens (tertiary/aromatic N) is 1. The molecule has 0 aliphatic heterocycles. The van der Waals surface area contributed by atoms with Gasteiger partial charge in [0.15, 0.2) is 0 Å². The lowest BCUT2D eigenvalue weighted by Gasteiger charge is -2.15. The van der Waals surface area contributed by atoms with Gasteiger partial charge in [0.05, 0.1) is 0 Å². The summed E-state index contributed by atoms with van der Waals surface area (Å²) >= 11 is 0. The first kappa shape index (κ1) is 11.7. The molecule has 0 bridgehead atoms. The van der Waals surface area contributed by atoms with Crippen molar-refractivity contribution in [2.24, 2.45) is 0 Å². The summed E-state index contributed by atoms with van der Waals surface area (Å²) in [5, 5.41) is 0. The van der Waals surface area contributed by atoms with Crippen LogP contribution in [0.1, 0.15) is 32.0 Å². The minimum Gasteiger partial charge on any atom is -0.399 e. The van der Waals surface area contributed by atoms with E-state index in [4.69, 9.17) is 5.73 Å². The van der Waals surface area contributed by atoms with Crippen LogP contribution in [0, 0.1) is 6.92 Å². The van der Waals surface area contributed by atoms with Gasteiger partial charge in [0.2, 0.25) is 0 Å². The monoisotopic (exact) mass is 229 g/mol. The van der Waals surface area contributed by atoms with Crippen LogP contribution in [-0.2, 0) is 5.41 Å². The van der Waals surface area contributed by atoms with E-state index in [0.717, 1.165) is 28.3 Å². The van der Waals surface area contributed by atoms with Crippen molar-refractivity contribution in [1.29, 1.82) is 0 Å². The largest absolute Gasteiger partial charge is 0.399 e. The van der Waals surface area contributed by atoms with Gasteiger partial charge in [-0.3, -0.25) is 0 Å². The number of hydrogen-bond donors (Lipinski definition) is 2. The number of H-pyrrole nitrogens is 1. The van der Waals surface area contributed by atoms with E-state index >= 15 is 0 Å². The lowest BCUT2D eigenvalue weighted by atomic mass is 9.93. The Bertz CT molecular complexity index is 533. The highest BCUT2D eigenvalue weighted by Crippen LogP contribution is 2.25. The Morgan fingerprint density at radius 1 is 1.24 bits per heavy atom. The number of nitrogen functional groups attached to an aromatic ring is 1. The van der Waals surface area contributed by atoms with E-state index in [1.165, 1.54) is 0 Å². The predicted octanol–water partition coefficient (Wildman–Crippen LogP) is 3.26. The number of aryl methyl sites for hydroxylation is 1. The molecule has 0 aliphatic rings. The Balaban J connectivity index is 2.40. The van der Waals surface area contributed by atoms with Gasteiger partial charge in [0.25, 0.3) is 0 Å². The smallest absolute Gasteiger partial charge is 0.137 e. The Hall–Kier alpha value is -1.77. The van der Waals surface area contributed by atoms with Crippen molar-refractivity contribution in [1.82, 2.24) is 9.97 Å². The quantitative estimate of drug-likeness (QED) is 0.737. The molecule has 0 saturated heterocycles. The topological polar surface area (TPSA) is 54.7 Å². The first-order chi connectivity index (χ1) is 7.88. The molecule has 90 valence electrons. The van der Waals surface area contributed by atoms with Crippen LogP contribution >= 0.6 is 0 Å². The summed E-state index contributed by atoms with van der Waals surface area (Å²) < 4.78 is 0. The summed E-state index contributed by atoms with van der Waals surface area (Å²) in [5.41, 5.74) is 10.0. The first-order valence-corrected chi connectivity index (χ1v) is 5.80. The minimum absolute atomic E-state index is 0.0914. The van der Waals surface area contributed by atoms with Crippen molar-refractivity contribution in [3.05, 3.63) is 35.7 Å². The number of anilines is 1. The molecule has 0 amide bonds. The lowest BCUT2D eigenvalue weighted by molar-refractivity contribution is 0.573. The van der Waals surface area contributed by atoms with E-state index in [-0.39, 0.29) is 5.41 Å². The zero-order valence-corrected chi connectivity index (χ0v) is 10.8. The summed E-state index contributed by atoms with van der Waals surface area (Å²) in [4.78, 5) is 7.79. The Morgan fingerprint density at radius 3 is 2.47 bits per heavy atom.